The van der Waals surface area contributed by atoms with Gasteiger partial charge >= 0.3 is 0 Å². The van der Waals surface area contributed by atoms with Gasteiger partial charge in [-0.3, -0.25) is 4.79 Å². The van der Waals surface area contributed by atoms with Crippen LogP contribution in [0.15, 0.2) is 23.1 Å². The molecule has 3 nitrogen and oxygen atoms in total. The van der Waals surface area contributed by atoms with Crippen molar-refractivity contribution in [3.05, 3.63) is 23.8 Å². The van der Waals surface area contributed by atoms with Crippen molar-refractivity contribution in [2.75, 3.05) is 12.3 Å². The molecule has 1 amide bonds. The first-order valence-electron chi connectivity index (χ1n) is 6.70. The van der Waals surface area contributed by atoms with Crippen LogP contribution in [-0.2, 0) is 4.79 Å². The van der Waals surface area contributed by atoms with Crippen molar-refractivity contribution in [2.24, 2.45) is 5.92 Å². The Bertz CT molecular complexity index is 432. The fourth-order valence-electron chi connectivity index (χ4n) is 1.62. The average Bonchev–Trinajstić information content (AvgIpc) is 2.33. The molecule has 1 unspecified atom stereocenters. The number of thioether (sulfide) groups is 1. The molecule has 4 heteroatoms. The van der Waals surface area contributed by atoms with Gasteiger partial charge in [0, 0.05) is 17.1 Å². The Morgan fingerprint density at radius 2 is 2.05 bits per heavy atom. The summed E-state index contributed by atoms with van der Waals surface area (Å²) in [7, 11) is 0. The molecule has 0 spiro atoms. The number of aryl methyl sites for hydroxylation is 1. The van der Waals surface area contributed by atoms with Gasteiger partial charge in [0.1, 0.15) is 0 Å². The van der Waals surface area contributed by atoms with Crippen molar-refractivity contribution < 1.29 is 4.79 Å². The minimum Gasteiger partial charge on any atom is -0.398 e. The molecule has 1 atom stereocenters. The zero-order valence-corrected chi connectivity index (χ0v) is 13.0. The van der Waals surface area contributed by atoms with Crippen LogP contribution in [0.4, 0.5) is 5.69 Å². The Kier molecular flexibility index (Phi) is 6.22. The van der Waals surface area contributed by atoms with Crippen LogP contribution in [0.5, 0.6) is 0 Å². The number of carbonyl (C=O) groups is 1. The Hall–Kier alpha value is -1.16. The van der Waals surface area contributed by atoms with E-state index in [0.717, 1.165) is 29.1 Å². The molecule has 19 heavy (non-hydrogen) atoms. The van der Waals surface area contributed by atoms with E-state index in [-0.39, 0.29) is 11.2 Å². The van der Waals surface area contributed by atoms with E-state index in [1.807, 2.05) is 32.0 Å². The zero-order chi connectivity index (χ0) is 14.4. The van der Waals surface area contributed by atoms with Crippen LogP contribution < -0.4 is 11.1 Å². The lowest BCUT2D eigenvalue weighted by molar-refractivity contribution is -0.120. The first-order valence-corrected chi connectivity index (χ1v) is 7.58. The smallest absolute Gasteiger partial charge is 0.233 e. The molecule has 106 valence electrons. The van der Waals surface area contributed by atoms with Gasteiger partial charge in [-0.1, -0.05) is 19.9 Å². The maximum absolute atomic E-state index is 12.0. The second kappa shape index (κ2) is 7.43. The minimum absolute atomic E-state index is 0.0755. The van der Waals surface area contributed by atoms with Gasteiger partial charge in [0.15, 0.2) is 0 Å². The largest absolute Gasteiger partial charge is 0.398 e. The molecule has 3 N–H and O–H groups in total. The molecule has 1 aromatic rings. The molecule has 0 aromatic heterocycles. The van der Waals surface area contributed by atoms with Crippen LogP contribution in [0.1, 0.15) is 32.8 Å². The summed E-state index contributed by atoms with van der Waals surface area (Å²) in [6.45, 7) is 8.98. The van der Waals surface area contributed by atoms with Gasteiger partial charge in [-0.15, -0.1) is 11.8 Å². The minimum atomic E-state index is -0.128. The van der Waals surface area contributed by atoms with Crippen molar-refractivity contribution in [1.29, 1.82) is 0 Å². The number of nitrogens with one attached hydrogen (secondary N) is 1. The summed E-state index contributed by atoms with van der Waals surface area (Å²) in [5.74, 6) is 0.683. The van der Waals surface area contributed by atoms with Gasteiger partial charge in [0.2, 0.25) is 5.91 Å². The number of carbonyl (C=O) groups excluding carboxylic acids is 1. The maximum Gasteiger partial charge on any atom is 0.233 e. The molecular formula is C15H24N2OS. The highest BCUT2D eigenvalue weighted by Gasteiger charge is 2.15. The monoisotopic (exact) mass is 280 g/mol. The third kappa shape index (κ3) is 5.55. The molecule has 0 fully saturated rings. The van der Waals surface area contributed by atoms with E-state index in [1.54, 1.807) is 0 Å². The molecule has 0 heterocycles. The highest BCUT2D eigenvalue weighted by Crippen LogP contribution is 2.29. The van der Waals surface area contributed by atoms with Crippen LogP contribution in [0, 0.1) is 12.8 Å². The van der Waals surface area contributed by atoms with Crippen molar-refractivity contribution in [1.82, 2.24) is 5.32 Å². The average molecular weight is 280 g/mol. The molecule has 1 rings (SSSR count). The van der Waals surface area contributed by atoms with Crippen LogP contribution in [-0.4, -0.2) is 17.7 Å². The van der Waals surface area contributed by atoms with E-state index in [4.69, 9.17) is 5.73 Å². The Labute approximate surface area is 120 Å². The van der Waals surface area contributed by atoms with Gasteiger partial charge in [0.05, 0.1) is 5.25 Å². The quantitative estimate of drug-likeness (QED) is 0.621. The normalized spacial score (nSPS) is 12.5. The van der Waals surface area contributed by atoms with Gasteiger partial charge in [0.25, 0.3) is 0 Å². The van der Waals surface area contributed by atoms with E-state index in [9.17, 15) is 4.79 Å². The lowest BCUT2D eigenvalue weighted by atomic mass is 10.1. The summed E-state index contributed by atoms with van der Waals surface area (Å²) in [4.78, 5) is 12.9. The fraction of sp³-hybridized carbons (Fsp3) is 0.533. The second-order valence-corrected chi connectivity index (χ2v) is 6.66. The van der Waals surface area contributed by atoms with Crippen molar-refractivity contribution in [3.8, 4) is 0 Å². The molecule has 0 bridgehead atoms. The maximum atomic E-state index is 12.0. The van der Waals surface area contributed by atoms with Crippen molar-refractivity contribution in [2.45, 2.75) is 44.3 Å². The molecule has 0 saturated heterocycles. The summed E-state index contributed by atoms with van der Waals surface area (Å²) in [5.41, 5.74) is 7.82. The highest BCUT2D eigenvalue weighted by atomic mass is 32.2. The number of hydrogen-bond donors (Lipinski definition) is 2. The summed E-state index contributed by atoms with van der Waals surface area (Å²) >= 11 is 1.51. The number of nitrogens with two attached hydrogens (primary N) is 1. The predicted molar refractivity (Wildman–Crippen MR) is 83.4 cm³/mol. The van der Waals surface area contributed by atoms with Crippen LogP contribution in [0.25, 0.3) is 0 Å². The predicted octanol–water partition coefficient (Wildman–Crippen LogP) is 3.22. The third-order valence-electron chi connectivity index (χ3n) is 2.86. The molecular weight excluding hydrogens is 256 g/mol. The van der Waals surface area contributed by atoms with E-state index in [2.05, 4.69) is 19.2 Å². The van der Waals surface area contributed by atoms with Gasteiger partial charge in [-0.05, 0) is 43.9 Å². The van der Waals surface area contributed by atoms with E-state index in [1.165, 1.54) is 11.8 Å². The van der Waals surface area contributed by atoms with Gasteiger partial charge in [-0.2, -0.15) is 0 Å². The van der Waals surface area contributed by atoms with Crippen molar-refractivity contribution >= 4 is 23.4 Å². The number of amides is 1. The molecule has 0 radical (unpaired) electrons. The highest BCUT2D eigenvalue weighted by molar-refractivity contribution is 8.00. The molecule has 1 aromatic carbocycles. The van der Waals surface area contributed by atoms with Gasteiger partial charge < -0.3 is 11.1 Å². The Balaban J connectivity index is 2.51. The number of rotatable bonds is 6. The summed E-state index contributed by atoms with van der Waals surface area (Å²) in [5, 5.41) is 2.84. The lowest BCUT2D eigenvalue weighted by Crippen LogP contribution is -2.32. The number of anilines is 1. The number of nitrogen functional groups attached to an aromatic ring is 1. The Morgan fingerprint density at radius 1 is 1.37 bits per heavy atom. The first kappa shape index (κ1) is 15.9. The van der Waals surface area contributed by atoms with E-state index >= 15 is 0 Å². The Morgan fingerprint density at radius 3 is 2.68 bits per heavy atom. The molecule has 0 saturated carbocycles. The number of hydrogen-bond acceptors (Lipinski definition) is 3. The second-order valence-electron chi connectivity index (χ2n) is 5.27. The first-order chi connectivity index (χ1) is 8.90. The lowest BCUT2D eigenvalue weighted by Gasteiger charge is -2.14. The third-order valence-corrected chi connectivity index (χ3v) is 4.04. The topological polar surface area (TPSA) is 55.1 Å². The van der Waals surface area contributed by atoms with Gasteiger partial charge in [-0.25, -0.2) is 0 Å². The summed E-state index contributed by atoms with van der Waals surface area (Å²) in [6.07, 6.45) is 1.01. The van der Waals surface area contributed by atoms with E-state index < -0.39 is 0 Å². The summed E-state index contributed by atoms with van der Waals surface area (Å²) in [6, 6.07) is 5.89. The van der Waals surface area contributed by atoms with Crippen LogP contribution >= 0.6 is 11.8 Å². The number of benzene rings is 1. The summed E-state index contributed by atoms with van der Waals surface area (Å²) < 4.78 is 0. The zero-order valence-electron chi connectivity index (χ0n) is 12.2. The van der Waals surface area contributed by atoms with Crippen LogP contribution in [0.2, 0.25) is 0 Å². The SMILES string of the molecule is Cc1ccc(N)c(SC(C)C(=O)NCCC(C)C)c1. The molecule has 0 aliphatic heterocycles. The van der Waals surface area contributed by atoms with E-state index in [0.29, 0.717) is 5.92 Å². The molecule has 0 aliphatic carbocycles. The van der Waals surface area contributed by atoms with Crippen molar-refractivity contribution in [3.63, 3.8) is 0 Å². The standard InChI is InChI=1S/C15H24N2OS/c1-10(2)7-8-17-15(18)12(4)19-14-9-11(3)5-6-13(14)16/h5-6,9-10,12H,7-8,16H2,1-4H3,(H,17,18). The molecule has 0 aliphatic rings. The fourth-order valence-corrected chi connectivity index (χ4v) is 2.64. The van der Waals surface area contributed by atoms with Crippen LogP contribution in [0.3, 0.4) is 0 Å².